The minimum Gasteiger partial charge on any atom is -0.378 e. The van der Waals surface area contributed by atoms with Crippen molar-refractivity contribution in [3.63, 3.8) is 0 Å². The molecular formula is C11H10BrN3O2S. The third-order valence-electron chi connectivity index (χ3n) is 2.29. The molecular weight excluding hydrogens is 318 g/mol. The van der Waals surface area contributed by atoms with Gasteiger partial charge in [0.15, 0.2) is 0 Å². The van der Waals surface area contributed by atoms with Crippen molar-refractivity contribution < 1.29 is 4.92 Å². The number of nitro groups is 1. The summed E-state index contributed by atoms with van der Waals surface area (Å²) in [6.07, 6.45) is 0. The van der Waals surface area contributed by atoms with Crippen molar-refractivity contribution in [2.75, 3.05) is 5.32 Å². The molecule has 7 heteroatoms. The van der Waals surface area contributed by atoms with Gasteiger partial charge in [-0.05, 0) is 28.9 Å². The van der Waals surface area contributed by atoms with Gasteiger partial charge in [0.2, 0.25) is 0 Å². The second-order valence-electron chi connectivity index (χ2n) is 3.63. The maximum Gasteiger partial charge on any atom is 0.270 e. The number of nitrogens with zero attached hydrogens (tertiary/aromatic N) is 2. The smallest absolute Gasteiger partial charge is 0.270 e. The van der Waals surface area contributed by atoms with Gasteiger partial charge in [0, 0.05) is 27.7 Å². The fourth-order valence-electron chi connectivity index (χ4n) is 1.44. The number of thiazole rings is 1. The summed E-state index contributed by atoms with van der Waals surface area (Å²) in [7, 11) is 0. The lowest BCUT2D eigenvalue weighted by Crippen LogP contribution is -2.00. The molecule has 94 valence electrons. The third kappa shape index (κ3) is 3.05. The molecule has 0 aliphatic carbocycles. The Morgan fingerprint density at radius 1 is 1.56 bits per heavy atom. The topological polar surface area (TPSA) is 68.1 Å². The standard InChI is InChI=1S/C11H10BrN3O2S/c1-7-14-8(6-18-7)5-13-11-3-2-9(15(16)17)4-10(11)12/h2-4,6,13H,5H2,1H3. The van der Waals surface area contributed by atoms with Crippen LogP contribution in [0.15, 0.2) is 28.1 Å². The van der Waals surface area contributed by atoms with E-state index in [0.717, 1.165) is 16.4 Å². The van der Waals surface area contributed by atoms with Crippen molar-refractivity contribution in [3.05, 3.63) is 48.9 Å². The van der Waals surface area contributed by atoms with Crippen LogP contribution < -0.4 is 5.32 Å². The molecule has 5 nitrogen and oxygen atoms in total. The van der Waals surface area contributed by atoms with E-state index in [1.807, 2.05) is 12.3 Å². The van der Waals surface area contributed by atoms with Crippen LogP contribution in [0.5, 0.6) is 0 Å². The Kier molecular flexibility index (Phi) is 3.93. The van der Waals surface area contributed by atoms with Crippen molar-refractivity contribution in [2.24, 2.45) is 0 Å². The van der Waals surface area contributed by atoms with Gasteiger partial charge in [-0.3, -0.25) is 10.1 Å². The van der Waals surface area contributed by atoms with E-state index in [4.69, 9.17) is 0 Å². The highest BCUT2D eigenvalue weighted by Gasteiger charge is 2.09. The van der Waals surface area contributed by atoms with Gasteiger partial charge in [0.1, 0.15) is 0 Å². The normalized spacial score (nSPS) is 10.3. The lowest BCUT2D eigenvalue weighted by atomic mass is 10.3. The van der Waals surface area contributed by atoms with E-state index in [0.29, 0.717) is 11.0 Å². The van der Waals surface area contributed by atoms with Gasteiger partial charge in [-0.25, -0.2) is 4.98 Å². The number of aryl methyl sites for hydroxylation is 1. The van der Waals surface area contributed by atoms with E-state index in [9.17, 15) is 10.1 Å². The molecule has 1 aromatic carbocycles. The Bertz CT molecular complexity index is 585. The number of halogens is 1. The molecule has 0 unspecified atom stereocenters. The minimum atomic E-state index is -0.418. The van der Waals surface area contributed by atoms with Gasteiger partial charge in [-0.2, -0.15) is 0 Å². The van der Waals surface area contributed by atoms with E-state index in [2.05, 4.69) is 26.2 Å². The van der Waals surface area contributed by atoms with Crippen molar-refractivity contribution in [1.29, 1.82) is 0 Å². The number of benzene rings is 1. The van der Waals surface area contributed by atoms with E-state index >= 15 is 0 Å². The molecule has 0 saturated carbocycles. The van der Waals surface area contributed by atoms with Crippen LogP contribution in [0.25, 0.3) is 0 Å². The molecule has 0 fully saturated rings. The summed E-state index contributed by atoms with van der Waals surface area (Å²) in [5.74, 6) is 0. The van der Waals surface area contributed by atoms with Crippen LogP contribution in [0.1, 0.15) is 10.7 Å². The minimum absolute atomic E-state index is 0.0666. The van der Waals surface area contributed by atoms with Gasteiger partial charge in [-0.15, -0.1) is 11.3 Å². The molecule has 0 saturated heterocycles. The molecule has 18 heavy (non-hydrogen) atoms. The molecule has 1 N–H and O–H groups in total. The molecule has 0 spiro atoms. The van der Waals surface area contributed by atoms with Gasteiger partial charge in [0.05, 0.1) is 22.2 Å². The van der Waals surface area contributed by atoms with E-state index < -0.39 is 4.92 Å². The van der Waals surface area contributed by atoms with Crippen LogP contribution in [-0.4, -0.2) is 9.91 Å². The Balaban J connectivity index is 2.08. The zero-order valence-electron chi connectivity index (χ0n) is 9.51. The number of anilines is 1. The first kappa shape index (κ1) is 13.0. The summed E-state index contributed by atoms with van der Waals surface area (Å²) < 4.78 is 0.670. The van der Waals surface area contributed by atoms with Gasteiger partial charge >= 0.3 is 0 Å². The molecule has 1 heterocycles. The van der Waals surface area contributed by atoms with Crippen molar-refractivity contribution in [1.82, 2.24) is 4.98 Å². The number of nitro benzene ring substituents is 1. The average molecular weight is 328 g/mol. The highest BCUT2D eigenvalue weighted by Crippen LogP contribution is 2.27. The molecule has 1 aromatic heterocycles. The average Bonchev–Trinajstić information content (AvgIpc) is 2.73. The first-order valence-corrected chi connectivity index (χ1v) is 6.82. The molecule has 2 aromatic rings. The number of rotatable bonds is 4. The lowest BCUT2D eigenvalue weighted by Gasteiger charge is -2.06. The Hall–Kier alpha value is -1.47. The number of non-ortho nitro benzene ring substituents is 1. The first-order valence-electron chi connectivity index (χ1n) is 5.15. The van der Waals surface area contributed by atoms with Crippen LogP contribution >= 0.6 is 27.3 Å². The second-order valence-corrected chi connectivity index (χ2v) is 5.55. The first-order chi connectivity index (χ1) is 8.56. The zero-order chi connectivity index (χ0) is 13.1. The number of hydrogen-bond donors (Lipinski definition) is 1. The summed E-state index contributed by atoms with van der Waals surface area (Å²) in [6, 6.07) is 4.63. The predicted octanol–water partition coefficient (Wildman–Crippen LogP) is 3.73. The maximum atomic E-state index is 10.6. The quantitative estimate of drug-likeness (QED) is 0.686. The predicted molar refractivity (Wildman–Crippen MR) is 75.0 cm³/mol. The summed E-state index contributed by atoms with van der Waals surface area (Å²) in [5, 5.41) is 16.8. The number of hydrogen-bond acceptors (Lipinski definition) is 5. The molecule has 0 amide bonds. The largest absolute Gasteiger partial charge is 0.378 e. The van der Waals surface area contributed by atoms with Crippen LogP contribution in [-0.2, 0) is 6.54 Å². The van der Waals surface area contributed by atoms with Crippen LogP contribution in [0, 0.1) is 17.0 Å². The molecule has 0 atom stereocenters. The number of nitrogens with one attached hydrogen (secondary N) is 1. The highest BCUT2D eigenvalue weighted by molar-refractivity contribution is 9.10. The summed E-state index contributed by atoms with van der Waals surface area (Å²) >= 11 is 4.91. The molecule has 0 bridgehead atoms. The van der Waals surface area contributed by atoms with Crippen molar-refractivity contribution in [3.8, 4) is 0 Å². The van der Waals surface area contributed by atoms with Gasteiger partial charge in [-0.1, -0.05) is 0 Å². The summed E-state index contributed by atoms with van der Waals surface area (Å²) in [5.41, 5.74) is 1.84. The zero-order valence-corrected chi connectivity index (χ0v) is 11.9. The summed E-state index contributed by atoms with van der Waals surface area (Å²) in [4.78, 5) is 14.5. The lowest BCUT2D eigenvalue weighted by molar-refractivity contribution is -0.384. The fraction of sp³-hybridized carbons (Fsp3) is 0.182. The van der Waals surface area contributed by atoms with Gasteiger partial charge < -0.3 is 5.32 Å². The fourth-order valence-corrected chi connectivity index (χ4v) is 2.56. The van der Waals surface area contributed by atoms with Gasteiger partial charge in [0.25, 0.3) is 5.69 Å². The van der Waals surface area contributed by atoms with Crippen LogP contribution in [0.2, 0.25) is 0 Å². The van der Waals surface area contributed by atoms with E-state index in [-0.39, 0.29) is 5.69 Å². The second kappa shape index (κ2) is 5.45. The Morgan fingerprint density at radius 2 is 2.33 bits per heavy atom. The van der Waals surface area contributed by atoms with Crippen LogP contribution in [0.3, 0.4) is 0 Å². The molecule has 0 radical (unpaired) electrons. The Morgan fingerprint density at radius 3 is 2.89 bits per heavy atom. The van der Waals surface area contributed by atoms with Crippen molar-refractivity contribution in [2.45, 2.75) is 13.5 Å². The molecule has 0 aliphatic rings. The monoisotopic (exact) mass is 327 g/mol. The molecule has 0 aliphatic heterocycles. The summed E-state index contributed by atoms with van der Waals surface area (Å²) in [6.45, 7) is 2.55. The highest BCUT2D eigenvalue weighted by atomic mass is 79.9. The number of aromatic nitrogens is 1. The molecule has 2 rings (SSSR count). The SMILES string of the molecule is Cc1nc(CNc2ccc([N+](=O)[O-])cc2Br)cs1. The van der Waals surface area contributed by atoms with Crippen molar-refractivity contribution >= 4 is 38.6 Å². The maximum absolute atomic E-state index is 10.6. The third-order valence-corrected chi connectivity index (χ3v) is 3.77. The Labute approximate surface area is 116 Å². The van der Waals surface area contributed by atoms with Crippen LogP contribution in [0.4, 0.5) is 11.4 Å². The van der Waals surface area contributed by atoms with E-state index in [1.165, 1.54) is 12.1 Å². The van der Waals surface area contributed by atoms with E-state index in [1.54, 1.807) is 17.4 Å².